The van der Waals surface area contributed by atoms with Crippen LogP contribution in [0.5, 0.6) is 0 Å². The molecular formula is C29H31NO3. The minimum absolute atomic E-state index is 0.115. The Kier molecular flexibility index (Phi) is 5.41. The Hall–Kier alpha value is -2.72. The highest BCUT2D eigenvalue weighted by Crippen LogP contribution is 2.37. The van der Waals surface area contributed by atoms with E-state index in [1.54, 1.807) is 0 Å². The SMILES string of the molecule is O=C(C[C@H]1CN2CCC1CC2)c1cc2cccc(-c3ccccc3CC(=O)C3CCC3)c2o1. The molecule has 0 unspecified atom stereocenters. The van der Waals surface area contributed by atoms with Gasteiger partial charge in [-0.15, -0.1) is 0 Å². The van der Waals surface area contributed by atoms with Crippen LogP contribution in [0.3, 0.4) is 0 Å². The van der Waals surface area contributed by atoms with Crippen LogP contribution in [0.25, 0.3) is 22.1 Å². The number of para-hydroxylation sites is 1. The van der Waals surface area contributed by atoms with Crippen LogP contribution in [0, 0.1) is 17.8 Å². The van der Waals surface area contributed by atoms with Gasteiger partial charge >= 0.3 is 0 Å². The first-order valence-electron chi connectivity index (χ1n) is 12.5. The summed E-state index contributed by atoms with van der Waals surface area (Å²) in [6, 6.07) is 16.1. The van der Waals surface area contributed by atoms with Crippen molar-refractivity contribution >= 4 is 22.5 Å². The molecule has 170 valence electrons. The Labute approximate surface area is 195 Å². The lowest BCUT2D eigenvalue weighted by Gasteiger charge is -2.44. The van der Waals surface area contributed by atoms with Crippen molar-refractivity contribution in [3.8, 4) is 11.1 Å². The first-order chi connectivity index (χ1) is 16.2. The molecule has 4 nitrogen and oxygen atoms in total. The quantitative estimate of drug-likeness (QED) is 0.427. The van der Waals surface area contributed by atoms with E-state index in [2.05, 4.69) is 11.0 Å². The van der Waals surface area contributed by atoms with Gasteiger partial charge in [-0.05, 0) is 67.8 Å². The topological polar surface area (TPSA) is 50.5 Å². The number of furan rings is 1. The number of carbonyl (C=O) groups is 2. The number of fused-ring (bicyclic) bond motifs is 4. The summed E-state index contributed by atoms with van der Waals surface area (Å²) in [7, 11) is 0. The third-order valence-electron chi connectivity index (χ3n) is 8.29. The van der Waals surface area contributed by atoms with Gasteiger partial charge in [-0.2, -0.15) is 0 Å². The van der Waals surface area contributed by atoms with Crippen LogP contribution < -0.4 is 0 Å². The molecule has 0 radical (unpaired) electrons. The molecule has 2 bridgehead atoms. The lowest BCUT2D eigenvalue weighted by molar-refractivity contribution is -0.124. The van der Waals surface area contributed by atoms with Gasteiger partial charge in [0.25, 0.3) is 0 Å². The minimum Gasteiger partial charge on any atom is -0.452 e. The summed E-state index contributed by atoms with van der Waals surface area (Å²) in [4.78, 5) is 28.4. The van der Waals surface area contributed by atoms with Gasteiger partial charge in [0.15, 0.2) is 11.5 Å². The Balaban J connectivity index is 1.28. The van der Waals surface area contributed by atoms with E-state index < -0.39 is 0 Å². The molecule has 1 aromatic heterocycles. The smallest absolute Gasteiger partial charge is 0.198 e. The maximum absolute atomic E-state index is 13.2. The van der Waals surface area contributed by atoms with Gasteiger partial charge in [0.1, 0.15) is 11.4 Å². The van der Waals surface area contributed by atoms with E-state index in [0.717, 1.165) is 47.0 Å². The molecule has 1 aliphatic carbocycles. The normalized spacial score (nSPS) is 24.7. The van der Waals surface area contributed by atoms with Gasteiger partial charge < -0.3 is 9.32 Å². The Bertz CT molecular complexity index is 1200. The molecule has 1 atom stereocenters. The zero-order valence-electron chi connectivity index (χ0n) is 19.1. The molecule has 3 saturated heterocycles. The number of nitrogens with zero attached hydrogens (tertiary/aromatic N) is 1. The molecule has 4 heteroatoms. The van der Waals surface area contributed by atoms with Crippen molar-refractivity contribution in [2.24, 2.45) is 17.8 Å². The van der Waals surface area contributed by atoms with Gasteiger partial charge in [0.05, 0.1) is 0 Å². The molecule has 4 aliphatic rings. The van der Waals surface area contributed by atoms with E-state index >= 15 is 0 Å². The maximum Gasteiger partial charge on any atom is 0.198 e. The summed E-state index contributed by atoms with van der Waals surface area (Å²) in [5.41, 5.74) is 3.78. The number of rotatable bonds is 7. The predicted molar refractivity (Wildman–Crippen MR) is 129 cm³/mol. The van der Waals surface area contributed by atoms with Crippen LogP contribution >= 0.6 is 0 Å². The van der Waals surface area contributed by atoms with Crippen LogP contribution in [-0.2, 0) is 11.2 Å². The third kappa shape index (κ3) is 3.95. The van der Waals surface area contributed by atoms with Crippen molar-refractivity contribution < 1.29 is 14.0 Å². The van der Waals surface area contributed by atoms with Crippen molar-refractivity contribution in [1.29, 1.82) is 0 Å². The predicted octanol–water partition coefficient (Wildman–Crippen LogP) is 5.93. The Morgan fingerprint density at radius 2 is 1.73 bits per heavy atom. The number of piperidine rings is 3. The number of ketones is 2. The van der Waals surface area contributed by atoms with Gasteiger partial charge in [0.2, 0.25) is 0 Å². The average molecular weight is 442 g/mol. The van der Waals surface area contributed by atoms with Crippen LogP contribution in [-0.4, -0.2) is 36.1 Å². The fraction of sp³-hybridized carbons (Fsp3) is 0.448. The van der Waals surface area contributed by atoms with Crippen LogP contribution in [0.15, 0.2) is 52.9 Å². The highest BCUT2D eigenvalue weighted by atomic mass is 16.3. The maximum atomic E-state index is 13.2. The van der Waals surface area contributed by atoms with Crippen LogP contribution in [0.1, 0.15) is 54.6 Å². The van der Waals surface area contributed by atoms with E-state index in [9.17, 15) is 9.59 Å². The standard InChI is InChI=1S/C29H31NO3/c31-26(20-6-3-7-20)15-21-5-1-2-9-24(21)25-10-4-8-22-17-28(33-29(22)25)27(32)16-23-18-30-13-11-19(23)12-14-30/h1-2,4-5,8-10,17,19-20,23H,3,6-7,11-16,18H2/t23-/m0/s1. The summed E-state index contributed by atoms with van der Waals surface area (Å²) in [6.07, 6.45) is 6.70. The largest absolute Gasteiger partial charge is 0.452 e. The summed E-state index contributed by atoms with van der Waals surface area (Å²) in [5, 5.41) is 0.949. The minimum atomic E-state index is 0.115. The number of carbonyl (C=O) groups excluding carboxylic acids is 2. The number of Topliss-reactive ketones (excluding diaryl/α,β-unsaturated/α-hetero) is 2. The second kappa shape index (κ2) is 8.57. The number of hydrogen-bond donors (Lipinski definition) is 0. The average Bonchev–Trinajstić information content (AvgIpc) is 3.24. The van der Waals surface area contributed by atoms with E-state index in [1.165, 1.54) is 32.4 Å². The van der Waals surface area contributed by atoms with Crippen molar-refractivity contribution in [3.63, 3.8) is 0 Å². The molecule has 1 saturated carbocycles. The summed E-state index contributed by atoms with van der Waals surface area (Å²) < 4.78 is 6.23. The monoisotopic (exact) mass is 441 g/mol. The van der Waals surface area contributed by atoms with Gasteiger partial charge in [-0.3, -0.25) is 9.59 Å². The number of hydrogen-bond acceptors (Lipinski definition) is 4. The number of benzene rings is 2. The lowest BCUT2D eigenvalue weighted by atomic mass is 9.76. The molecular weight excluding hydrogens is 410 g/mol. The van der Waals surface area contributed by atoms with Crippen molar-refractivity contribution in [2.45, 2.75) is 44.9 Å². The molecule has 0 amide bonds. The van der Waals surface area contributed by atoms with Crippen LogP contribution in [0.2, 0.25) is 0 Å². The molecule has 4 heterocycles. The summed E-state index contributed by atoms with van der Waals surface area (Å²) >= 11 is 0. The first-order valence-corrected chi connectivity index (χ1v) is 12.5. The van der Waals surface area contributed by atoms with Crippen molar-refractivity contribution in [3.05, 3.63) is 59.9 Å². The highest BCUT2D eigenvalue weighted by molar-refractivity contribution is 6.01. The Morgan fingerprint density at radius 3 is 2.45 bits per heavy atom. The molecule has 3 aromatic rings. The molecule has 2 aromatic carbocycles. The zero-order valence-corrected chi connectivity index (χ0v) is 19.1. The zero-order chi connectivity index (χ0) is 22.4. The highest BCUT2D eigenvalue weighted by Gasteiger charge is 2.35. The van der Waals surface area contributed by atoms with Crippen molar-refractivity contribution in [2.75, 3.05) is 19.6 Å². The second-order valence-corrected chi connectivity index (χ2v) is 10.3. The molecule has 4 fully saturated rings. The van der Waals surface area contributed by atoms with Gasteiger partial charge in [0, 0.05) is 36.3 Å². The fourth-order valence-electron chi connectivity index (χ4n) is 6.07. The Morgan fingerprint density at radius 1 is 0.939 bits per heavy atom. The molecule has 3 aliphatic heterocycles. The van der Waals surface area contributed by atoms with Crippen molar-refractivity contribution in [1.82, 2.24) is 4.90 Å². The third-order valence-corrected chi connectivity index (χ3v) is 8.29. The molecule has 7 rings (SSSR count). The molecule has 0 N–H and O–H groups in total. The van der Waals surface area contributed by atoms with E-state index in [1.807, 2.05) is 42.5 Å². The van der Waals surface area contributed by atoms with Crippen LogP contribution in [0.4, 0.5) is 0 Å². The lowest BCUT2D eigenvalue weighted by Crippen LogP contribution is -2.47. The molecule has 0 spiro atoms. The summed E-state index contributed by atoms with van der Waals surface area (Å²) in [6.45, 7) is 3.42. The first kappa shape index (κ1) is 20.9. The fourth-order valence-corrected chi connectivity index (χ4v) is 6.07. The molecule has 33 heavy (non-hydrogen) atoms. The van der Waals surface area contributed by atoms with E-state index in [-0.39, 0.29) is 11.7 Å². The summed E-state index contributed by atoms with van der Waals surface area (Å²) in [5.74, 6) is 2.29. The van der Waals surface area contributed by atoms with E-state index in [4.69, 9.17) is 4.42 Å². The van der Waals surface area contributed by atoms with E-state index in [0.29, 0.717) is 36.2 Å². The second-order valence-electron chi connectivity index (χ2n) is 10.3. The van der Waals surface area contributed by atoms with Gasteiger partial charge in [-0.25, -0.2) is 0 Å². The van der Waals surface area contributed by atoms with Gasteiger partial charge in [-0.1, -0.05) is 48.9 Å².